The smallest absolute Gasteiger partial charge is 0.229 e. The highest BCUT2D eigenvalue weighted by Gasteiger charge is 2.16. The Labute approximate surface area is 127 Å². The van der Waals surface area contributed by atoms with Gasteiger partial charge in [-0.1, -0.05) is 11.8 Å². The number of nitrogens with two attached hydrogens (primary N) is 2. The fourth-order valence-corrected chi connectivity index (χ4v) is 2.49. The molecule has 9 heteroatoms. The number of thioether (sulfide) groups is 1. The van der Waals surface area contributed by atoms with Crippen LogP contribution in [0.15, 0.2) is 11.2 Å². The van der Waals surface area contributed by atoms with Gasteiger partial charge in [-0.15, -0.1) is 0 Å². The summed E-state index contributed by atoms with van der Waals surface area (Å²) in [6.45, 7) is 3.83. The minimum atomic E-state index is -0.0739. The standard InChI is InChI=1S/C12H18N8S/c1-6-5-8(13)16-12(15-6)21-7(2)9-17-10(14)19-11(18-9)20(3)4/h5,7H,1-4H3,(H2,13,15,16)(H2,14,17,18,19). The van der Waals surface area contributed by atoms with Gasteiger partial charge in [-0.25, -0.2) is 9.97 Å². The highest BCUT2D eigenvalue weighted by Crippen LogP contribution is 2.31. The number of rotatable bonds is 4. The highest BCUT2D eigenvalue weighted by molar-refractivity contribution is 7.99. The van der Waals surface area contributed by atoms with Crippen molar-refractivity contribution in [1.82, 2.24) is 24.9 Å². The summed E-state index contributed by atoms with van der Waals surface area (Å²) in [7, 11) is 3.70. The lowest BCUT2D eigenvalue weighted by Crippen LogP contribution is -2.16. The van der Waals surface area contributed by atoms with Crippen LogP contribution >= 0.6 is 11.8 Å². The Bertz CT molecular complexity index is 625. The minimum Gasteiger partial charge on any atom is -0.384 e. The van der Waals surface area contributed by atoms with Crippen LogP contribution in [-0.2, 0) is 0 Å². The molecule has 0 aromatic carbocycles. The van der Waals surface area contributed by atoms with Crippen LogP contribution in [0, 0.1) is 6.92 Å². The Kier molecular flexibility index (Phi) is 4.41. The van der Waals surface area contributed by atoms with E-state index in [2.05, 4.69) is 24.9 Å². The van der Waals surface area contributed by atoms with Gasteiger partial charge >= 0.3 is 0 Å². The number of nitrogens with zero attached hydrogens (tertiary/aromatic N) is 6. The Morgan fingerprint density at radius 2 is 1.81 bits per heavy atom. The van der Waals surface area contributed by atoms with Crippen LogP contribution < -0.4 is 16.4 Å². The zero-order valence-corrected chi connectivity index (χ0v) is 13.2. The largest absolute Gasteiger partial charge is 0.384 e. The summed E-state index contributed by atoms with van der Waals surface area (Å²) in [6, 6.07) is 1.72. The number of anilines is 3. The van der Waals surface area contributed by atoms with Gasteiger partial charge in [0.1, 0.15) is 11.6 Å². The summed E-state index contributed by atoms with van der Waals surface area (Å²) >= 11 is 1.43. The molecule has 0 spiro atoms. The summed E-state index contributed by atoms with van der Waals surface area (Å²) in [5.41, 5.74) is 12.3. The number of aryl methyl sites for hydroxylation is 1. The fourth-order valence-electron chi connectivity index (χ4n) is 1.61. The van der Waals surface area contributed by atoms with Gasteiger partial charge in [-0.3, -0.25) is 0 Å². The molecule has 1 unspecified atom stereocenters. The zero-order valence-electron chi connectivity index (χ0n) is 12.4. The molecule has 21 heavy (non-hydrogen) atoms. The third-order valence-electron chi connectivity index (χ3n) is 2.56. The van der Waals surface area contributed by atoms with Crippen molar-refractivity contribution in [3.8, 4) is 0 Å². The van der Waals surface area contributed by atoms with Gasteiger partial charge in [-0.05, 0) is 13.8 Å². The summed E-state index contributed by atoms with van der Waals surface area (Å²) in [4.78, 5) is 23.0. The Morgan fingerprint density at radius 3 is 2.43 bits per heavy atom. The monoisotopic (exact) mass is 306 g/mol. The third kappa shape index (κ3) is 3.91. The van der Waals surface area contributed by atoms with Gasteiger partial charge in [0.15, 0.2) is 5.16 Å². The SMILES string of the molecule is Cc1cc(N)nc(SC(C)c2nc(N)nc(N(C)C)n2)n1. The second-order valence-electron chi connectivity index (χ2n) is 4.72. The van der Waals surface area contributed by atoms with Crippen LogP contribution in [0.5, 0.6) is 0 Å². The Balaban J connectivity index is 2.25. The highest BCUT2D eigenvalue weighted by atomic mass is 32.2. The van der Waals surface area contributed by atoms with Crippen molar-refractivity contribution in [3.05, 3.63) is 17.6 Å². The second kappa shape index (κ2) is 6.08. The van der Waals surface area contributed by atoms with E-state index in [4.69, 9.17) is 11.5 Å². The number of hydrogen-bond donors (Lipinski definition) is 2. The predicted molar refractivity (Wildman–Crippen MR) is 84.0 cm³/mol. The van der Waals surface area contributed by atoms with Crippen LogP contribution in [0.4, 0.5) is 17.7 Å². The molecule has 2 heterocycles. The molecular formula is C12H18N8S. The van der Waals surface area contributed by atoms with Gasteiger partial charge in [-0.2, -0.15) is 15.0 Å². The van der Waals surface area contributed by atoms with E-state index in [0.29, 0.717) is 22.7 Å². The van der Waals surface area contributed by atoms with E-state index in [9.17, 15) is 0 Å². The quantitative estimate of drug-likeness (QED) is 0.630. The molecule has 0 saturated carbocycles. The molecule has 2 rings (SSSR count). The van der Waals surface area contributed by atoms with Gasteiger partial charge < -0.3 is 16.4 Å². The van der Waals surface area contributed by atoms with Crippen LogP contribution in [0.2, 0.25) is 0 Å². The summed E-state index contributed by atoms with van der Waals surface area (Å²) in [5.74, 6) is 1.75. The van der Waals surface area contributed by atoms with E-state index < -0.39 is 0 Å². The molecule has 0 saturated heterocycles. The second-order valence-corrected chi connectivity index (χ2v) is 6.03. The number of hydrogen-bond acceptors (Lipinski definition) is 9. The molecule has 0 aliphatic rings. The first-order valence-corrected chi connectivity index (χ1v) is 7.19. The van der Waals surface area contributed by atoms with Crippen LogP contribution in [0.25, 0.3) is 0 Å². The van der Waals surface area contributed by atoms with Crippen molar-refractivity contribution in [2.24, 2.45) is 0 Å². The first-order chi connectivity index (χ1) is 9.85. The van der Waals surface area contributed by atoms with Crippen molar-refractivity contribution < 1.29 is 0 Å². The van der Waals surface area contributed by atoms with Crippen LogP contribution in [0.1, 0.15) is 23.7 Å². The van der Waals surface area contributed by atoms with E-state index in [-0.39, 0.29) is 11.2 Å². The molecular weight excluding hydrogens is 288 g/mol. The molecule has 112 valence electrons. The molecule has 8 nitrogen and oxygen atoms in total. The number of aromatic nitrogens is 5. The minimum absolute atomic E-state index is 0.0739. The molecule has 4 N–H and O–H groups in total. The van der Waals surface area contributed by atoms with E-state index in [1.165, 1.54) is 11.8 Å². The van der Waals surface area contributed by atoms with Crippen molar-refractivity contribution in [3.63, 3.8) is 0 Å². The lowest BCUT2D eigenvalue weighted by atomic mass is 10.4. The van der Waals surface area contributed by atoms with Crippen molar-refractivity contribution >= 4 is 29.5 Å². The van der Waals surface area contributed by atoms with Crippen LogP contribution in [0.3, 0.4) is 0 Å². The molecule has 0 radical (unpaired) electrons. The molecule has 2 aromatic heterocycles. The molecule has 0 bridgehead atoms. The average molecular weight is 306 g/mol. The van der Waals surface area contributed by atoms with E-state index in [1.807, 2.05) is 27.9 Å². The maximum absolute atomic E-state index is 5.73. The first-order valence-electron chi connectivity index (χ1n) is 6.31. The van der Waals surface area contributed by atoms with Gasteiger partial charge in [0.25, 0.3) is 0 Å². The normalized spacial score (nSPS) is 12.2. The van der Waals surface area contributed by atoms with Crippen molar-refractivity contribution in [1.29, 1.82) is 0 Å². The average Bonchev–Trinajstić information content (AvgIpc) is 2.36. The number of nitrogen functional groups attached to an aromatic ring is 2. The van der Waals surface area contributed by atoms with Crippen molar-refractivity contribution in [2.75, 3.05) is 30.5 Å². The maximum Gasteiger partial charge on any atom is 0.229 e. The van der Waals surface area contributed by atoms with Crippen LogP contribution in [-0.4, -0.2) is 39.0 Å². The summed E-state index contributed by atoms with van der Waals surface area (Å²) in [6.07, 6.45) is 0. The summed E-state index contributed by atoms with van der Waals surface area (Å²) in [5, 5.41) is 0.514. The van der Waals surface area contributed by atoms with Crippen molar-refractivity contribution in [2.45, 2.75) is 24.3 Å². The first kappa shape index (κ1) is 15.2. The van der Waals surface area contributed by atoms with Gasteiger partial charge in [0.05, 0.1) is 5.25 Å². The van der Waals surface area contributed by atoms with Gasteiger partial charge in [0.2, 0.25) is 11.9 Å². The van der Waals surface area contributed by atoms with Gasteiger partial charge in [0, 0.05) is 25.9 Å². The lowest BCUT2D eigenvalue weighted by Gasteiger charge is -2.14. The zero-order chi connectivity index (χ0) is 15.6. The Morgan fingerprint density at radius 1 is 1.10 bits per heavy atom. The molecule has 0 aliphatic heterocycles. The molecule has 0 aliphatic carbocycles. The molecule has 0 amide bonds. The third-order valence-corrected chi connectivity index (χ3v) is 3.52. The van der Waals surface area contributed by atoms with E-state index in [0.717, 1.165) is 5.69 Å². The fraction of sp³-hybridized carbons (Fsp3) is 0.417. The Hall–Kier alpha value is -2.16. The lowest BCUT2D eigenvalue weighted by molar-refractivity contribution is 0.855. The predicted octanol–water partition coefficient (Wildman–Crippen LogP) is 1.05. The molecule has 0 fully saturated rings. The summed E-state index contributed by atoms with van der Waals surface area (Å²) < 4.78 is 0. The topological polar surface area (TPSA) is 120 Å². The maximum atomic E-state index is 5.73. The molecule has 1 atom stereocenters. The van der Waals surface area contributed by atoms with E-state index >= 15 is 0 Å². The molecule has 2 aromatic rings. The van der Waals surface area contributed by atoms with E-state index in [1.54, 1.807) is 11.0 Å².